The molecule has 2 heterocycles. The molecule has 3 aromatic rings. The zero-order valence-corrected chi connectivity index (χ0v) is 14.2. The van der Waals surface area contributed by atoms with Gasteiger partial charge in [-0.05, 0) is 30.2 Å². The van der Waals surface area contributed by atoms with E-state index in [9.17, 15) is 4.79 Å². The van der Waals surface area contributed by atoms with Gasteiger partial charge in [-0.15, -0.1) is 0 Å². The number of nitrogens with zero attached hydrogens (tertiary/aromatic N) is 2. The summed E-state index contributed by atoms with van der Waals surface area (Å²) < 4.78 is 6.07. The summed E-state index contributed by atoms with van der Waals surface area (Å²) in [5.41, 5.74) is 2.75. The molecular weight excluding hydrogens is 312 g/mol. The minimum atomic E-state index is 0.0437. The number of aromatic nitrogens is 1. The van der Waals surface area contributed by atoms with Gasteiger partial charge in [0.2, 0.25) is 0 Å². The van der Waals surface area contributed by atoms with Gasteiger partial charge in [0.1, 0.15) is 11.9 Å². The van der Waals surface area contributed by atoms with Crippen LogP contribution in [0.15, 0.2) is 60.8 Å². The normalized spacial score (nSPS) is 14.4. The number of likely N-dealkylation sites (tertiary alicyclic amines) is 1. The molecule has 0 radical (unpaired) electrons. The second-order valence-electron chi connectivity index (χ2n) is 6.29. The van der Waals surface area contributed by atoms with E-state index in [1.807, 2.05) is 47.4 Å². The third-order valence-electron chi connectivity index (χ3n) is 4.66. The van der Waals surface area contributed by atoms with Crippen LogP contribution in [0.5, 0.6) is 5.75 Å². The molecule has 25 heavy (non-hydrogen) atoms. The van der Waals surface area contributed by atoms with Crippen molar-refractivity contribution in [2.75, 3.05) is 13.1 Å². The van der Waals surface area contributed by atoms with E-state index >= 15 is 0 Å². The smallest absolute Gasteiger partial charge is 0.254 e. The van der Waals surface area contributed by atoms with Crippen LogP contribution in [-0.4, -0.2) is 35.0 Å². The molecule has 4 heteroatoms. The molecule has 0 aliphatic carbocycles. The van der Waals surface area contributed by atoms with Crippen molar-refractivity contribution in [1.29, 1.82) is 0 Å². The number of pyridine rings is 1. The van der Waals surface area contributed by atoms with Crippen LogP contribution in [0.1, 0.15) is 22.8 Å². The van der Waals surface area contributed by atoms with Crippen molar-refractivity contribution < 1.29 is 9.53 Å². The zero-order chi connectivity index (χ0) is 17.2. The highest BCUT2D eigenvalue weighted by Gasteiger charge is 2.33. The Morgan fingerprint density at radius 3 is 2.72 bits per heavy atom. The topological polar surface area (TPSA) is 42.4 Å². The Labute approximate surface area is 147 Å². The molecule has 4 rings (SSSR count). The van der Waals surface area contributed by atoms with Crippen molar-refractivity contribution in [3.05, 3.63) is 71.9 Å². The third kappa shape index (κ3) is 2.95. The van der Waals surface area contributed by atoms with E-state index in [0.29, 0.717) is 18.7 Å². The predicted octanol–water partition coefficient (Wildman–Crippen LogP) is 3.70. The number of carbonyl (C=O) groups is 1. The fourth-order valence-corrected chi connectivity index (χ4v) is 3.22. The SMILES string of the molecule is CCc1ccccc1OC1CN(C(=O)c2ccnc3ccccc23)C1. The first-order valence-electron chi connectivity index (χ1n) is 8.64. The first-order chi connectivity index (χ1) is 12.3. The van der Waals surface area contributed by atoms with Crippen LogP contribution < -0.4 is 4.74 Å². The van der Waals surface area contributed by atoms with Gasteiger partial charge in [-0.3, -0.25) is 9.78 Å². The molecule has 2 aromatic carbocycles. The monoisotopic (exact) mass is 332 g/mol. The maximum atomic E-state index is 12.8. The second kappa shape index (κ2) is 6.55. The number of hydrogen-bond donors (Lipinski definition) is 0. The summed E-state index contributed by atoms with van der Waals surface area (Å²) in [6.45, 7) is 3.36. The van der Waals surface area contributed by atoms with E-state index in [2.05, 4.69) is 18.0 Å². The Morgan fingerprint density at radius 1 is 1.12 bits per heavy atom. The van der Waals surface area contributed by atoms with E-state index in [-0.39, 0.29) is 12.0 Å². The number of rotatable bonds is 4. The van der Waals surface area contributed by atoms with Crippen molar-refractivity contribution in [3.63, 3.8) is 0 Å². The van der Waals surface area contributed by atoms with Crippen molar-refractivity contribution in [2.24, 2.45) is 0 Å². The first kappa shape index (κ1) is 15.6. The van der Waals surface area contributed by atoms with Crippen molar-refractivity contribution in [3.8, 4) is 5.75 Å². The molecule has 126 valence electrons. The molecule has 0 atom stereocenters. The lowest BCUT2D eigenvalue weighted by Crippen LogP contribution is -2.56. The Morgan fingerprint density at radius 2 is 1.88 bits per heavy atom. The minimum absolute atomic E-state index is 0.0437. The van der Waals surface area contributed by atoms with Crippen LogP contribution in [0.4, 0.5) is 0 Å². The number of amides is 1. The lowest BCUT2D eigenvalue weighted by Gasteiger charge is -2.39. The van der Waals surface area contributed by atoms with Gasteiger partial charge in [-0.1, -0.05) is 43.3 Å². The van der Waals surface area contributed by atoms with Crippen LogP contribution in [0, 0.1) is 0 Å². The highest BCUT2D eigenvalue weighted by atomic mass is 16.5. The van der Waals surface area contributed by atoms with Crippen molar-refractivity contribution >= 4 is 16.8 Å². The van der Waals surface area contributed by atoms with Gasteiger partial charge in [0.15, 0.2) is 0 Å². The number of para-hydroxylation sites is 2. The Hall–Kier alpha value is -2.88. The Bertz CT molecular complexity index is 911. The molecule has 4 nitrogen and oxygen atoms in total. The van der Waals surface area contributed by atoms with Crippen LogP contribution >= 0.6 is 0 Å². The van der Waals surface area contributed by atoms with Gasteiger partial charge in [0.25, 0.3) is 5.91 Å². The van der Waals surface area contributed by atoms with Gasteiger partial charge < -0.3 is 9.64 Å². The van der Waals surface area contributed by atoms with Gasteiger partial charge in [0.05, 0.1) is 24.2 Å². The van der Waals surface area contributed by atoms with Gasteiger partial charge in [-0.2, -0.15) is 0 Å². The molecule has 1 aromatic heterocycles. The molecule has 0 N–H and O–H groups in total. The summed E-state index contributed by atoms with van der Waals surface area (Å²) in [6.07, 6.45) is 2.69. The fourth-order valence-electron chi connectivity index (χ4n) is 3.22. The molecule has 0 bridgehead atoms. The largest absolute Gasteiger partial charge is 0.486 e. The molecule has 1 amide bonds. The summed E-state index contributed by atoms with van der Waals surface area (Å²) in [7, 11) is 0. The van der Waals surface area contributed by atoms with E-state index in [0.717, 1.165) is 23.1 Å². The number of aryl methyl sites for hydroxylation is 1. The molecular formula is C21H20N2O2. The third-order valence-corrected chi connectivity index (χ3v) is 4.66. The predicted molar refractivity (Wildman–Crippen MR) is 97.9 cm³/mol. The number of benzene rings is 2. The summed E-state index contributed by atoms with van der Waals surface area (Å²) in [4.78, 5) is 19.0. The number of hydrogen-bond acceptors (Lipinski definition) is 3. The molecule has 0 spiro atoms. The van der Waals surface area contributed by atoms with Crippen LogP contribution in [-0.2, 0) is 6.42 Å². The lowest BCUT2D eigenvalue weighted by atomic mass is 10.0. The number of carbonyl (C=O) groups excluding carboxylic acids is 1. The maximum absolute atomic E-state index is 12.8. The van der Waals surface area contributed by atoms with Crippen LogP contribution in [0.3, 0.4) is 0 Å². The summed E-state index contributed by atoms with van der Waals surface area (Å²) in [5, 5.41) is 0.899. The van der Waals surface area contributed by atoms with E-state index in [1.54, 1.807) is 12.3 Å². The maximum Gasteiger partial charge on any atom is 0.254 e. The quantitative estimate of drug-likeness (QED) is 0.731. The molecule has 1 saturated heterocycles. The van der Waals surface area contributed by atoms with Crippen molar-refractivity contribution in [2.45, 2.75) is 19.4 Å². The summed E-state index contributed by atoms with van der Waals surface area (Å²) in [6, 6.07) is 17.6. The van der Waals surface area contributed by atoms with Gasteiger partial charge in [-0.25, -0.2) is 0 Å². The molecule has 0 unspecified atom stereocenters. The fraction of sp³-hybridized carbons (Fsp3) is 0.238. The van der Waals surface area contributed by atoms with Gasteiger partial charge in [0, 0.05) is 11.6 Å². The average Bonchev–Trinajstić information content (AvgIpc) is 2.63. The summed E-state index contributed by atoms with van der Waals surface area (Å²) in [5.74, 6) is 0.971. The summed E-state index contributed by atoms with van der Waals surface area (Å²) >= 11 is 0. The number of ether oxygens (including phenoxy) is 1. The van der Waals surface area contributed by atoms with Crippen LogP contribution in [0.2, 0.25) is 0 Å². The Kier molecular flexibility index (Phi) is 4.10. The average molecular weight is 332 g/mol. The minimum Gasteiger partial charge on any atom is -0.486 e. The van der Waals surface area contributed by atoms with E-state index in [1.165, 1.54) is 5.56 Å². The molecule has 0 saturated carbocycles. The van der Waals surface area contributed by atoms with E-state index < -0.39 is 0 Å². The molecule has 1 aliphatic heterocycles. The standard InChI is InChI=1S/C21H20N2O2/c1-2-15-7-3-6-10-20(15)25-16-13-23(14-16)21(24)18-11-12-22-19-9-5-4-8-17(18)19/h3-12,16H,2,13-14H2,1H3. The lowest BCUT2D eigenvalue weighted by molar-refractivity contribution is 0.0176. The number of fused-ring (bicyclic) bond motifs is 1. The zero-order valence-electron chi connectivity index (χ0n) is 14.2. The highest BCUT2D eigenvalue weighted by molar-refractivity contribution is 6.06. The first-order valence-corrected chi connectivity index (χ1v) is 8.64. The van der Waals surface area contributed by atoms with Crippen molar-refractivity contribution in [1.82, 2.24) is 9.88 Å². The van der Waals surface area contributed by atoms with Gasteiger partial charge >= 0.3 is 0 Å². The molecule has 1 aliphatic rings. The second-order valence-corrected chi connectivity index (χ2v) is 6.29. The highest BCUT2D eigenvalue weighted by Crippen LogP contribution is 2.25. The van der Waals surface area contributed by atoms with Crippen LogP contribution in [0.25, 0.3) is 10.9 Å². The van der Waals surface area contributed by atoms with E-state index in [4.69, 9.17) is 4.74 Å². The Balaban J connectivity index is 1.46. The molecule has 1 fully saturated rings.